The molecule has 0 fully saturated rings. The van der Waals surface area contributed by atoms with Gasteiger partial charge in [-0.05, 0) is 18.2 Å². The van der Waals surface area contributed by atoms with Gasteiger partial charge in [0.25, 0.3) is 0 Å². The van der Waals surface area contributed by atoms with Gasteiger partial charge in [0.1, 0.15) is 17.3 Å². The maximum atomic E-state index is 9.61. The quantitative estimate of drug-likeness (QED) is 0.727. The average Bonchev–Trinajstić information content (AvgIpc) is 2.71. The second-order valence-corrected chi connectivity index (χ2v) is 3.04. The van der Waals surface area contributed by atoms with Crippen LogP contribution in [0.1, 0.15) is 5.56 Å². The van der Waals surface area contributed by atoms with Gasteiger partial charge >= 0.3 is 0 Å². The first kappa shape index (κ1) is 8.87. The summed E-state index contributed by atoms with van der Waals surface area (Å²) in [5, 5.41) is 12.7. The smallest absolute Gasteiger partial charge is 0.132 e. The summed E-state index contributed by atoms with van der Waals surface area (Å²) >= 11 is 0. The Morgan fingerprint density at radius 3 is 3.00 bits per heavy atom. The van der Waals surface area contributed by atoms with E-state index in [0.29, 0.717) is 11.3 Å². The molecule has 74 valence electrons. The minimum absolute atomic E-state index is 0.221. The van der Waals surface area contributed by atoms with Crippen LogP contribution in [0.4, 0.5) is 0 Å². The van der Waals surface area contributed by atoms with Crippen molar-refractivity contribution in [2.45, 2.75) is 0 Å². The molecule has 1 heterocycles. The molecule has 2 N–H and O–H groups in total. The number of phenolic OH excluding ortho intramolecular Hbond substituents is 1. The highest BCUT2D eigenvalue weighted by Crippen LogP contribution is 2.23. The van der Waals surface area contributed by atoms with Gasteiger partial charge in [-0.3, -0.25) is 4.99 Å². The SMILES string of the molecule is COc1ccc(O)c(C2=NCCN2)c1. The van der Waals surface area contributed by atoms with E-state index in [1.165, 1.54) is 0 Å². The second kappa shape index (κ2) is 3.57. The van der Waals surface area contributed by atoms with Gasteiger partial charge in [0.05, 0.1) is 19.2 Å². The molecule has 1 aromatic rings. The van der Waals surface area contributed by atoms with E-state index in [4.69, 9.17) is 4.74 Å². The number of hydrogen-bond acceptors (Lipinski definition) is 4. The van der Waals surface area contributed by atoms with Gasteiger partial charge in [0, 0.05) is 6.54 Å². The first-order valence-electron chi connectivity index (χ1n) is 4.47. The monoisotopic (exact) mass is 192 g/mol. The van der Waals surface area contributed by atoms with Crippen LogP contribution in [0.15, 0.2) is 23.2 Å². The Balaban J connectivity index is 2.40. The summed E-state index contributed by atoms with van der Waals surface area (Å²) in [5.74, 6) is 1.68. The van der Waals surface area contributed by atoms with Gasteiger partial charge in [-0.2, -0.15) is 0 Å². The van der Waals surface area contributed by atoms with Crippen molar-refractivity contribution in [1.82, 2.24) is 5.32 Å². The number of ether oxygens (including phenoxy) is 1. The standard InChI is InChI=1S/C10H12N2O2/c1-14-7-2-3-9(13)8(6-7)10-11-4-5-12-10/h2-3,6,13H,4-5H2,1H3,(H,11,12). The summed E-state index contributed by atoms with van der Waals surface area (Å²) in [6.07, 6.45) is 0. The van der Waals surface area contributed by atoms with Gasteiger partial charge in [-0.1, -0.05) is 0 Å². The number of aromatic hydroxyl groups is 1. The van der Waals surface area contributed by atoms with Crippen molar-refractivity contribution < 1.29 is 9.84 Å². The lowest BCUT2D eigenvalue weighted by molar-refractivity contribution is 0.412. The molecule has 1 aliphatic heterocycles. The van der Waals surface area contributed by atoms with Crippen molar-refractivity contribution in [3.05, 3.63) is 23.8 Å². The fourth-order valence-corrected chi connectivity index (χ4v) is 1.41. The van der Waals surface area contributed by atoms with E-state index in [9.17, 15) is 5.11 Å². The molecular formula is C10H12N2O2. The number of aliphatic imine (C=N–C) groups is 1. The largest absolute Gasteiger partial charge is 0.507 e. The van der Waals surface area contributed by atoms with Crippen LogP contribution in [0.3, 0.4) is 0 Å². The molecule has 0 aromatic heterocycles. The molecule has 4 nitrogen and oxygen atoms in total. The lowest BCUT2D eigenvalue weighted by Crippen LogP contribution is -2.19. The van der Waals surface area contributed by atoms with Crippen molar-refractivity contribution in [2.75, 3.05) is 20.2 Å². The van der Waals surface area contributed by atoms with Gasteiger partial charge < -0.3 is 15.2 Å². The molecule has 1 aliphatic rings. The number of nitrogens with zero attached hydrogens (tertiary/aromatic N) is 1. The third kappa shape index (κ3) is 1.51. The number of rotatable bonds is 2. The molecule has 0 aliphatic carbocycles. The van der Waals surface area contributed by atoms with Crippen LogP contribution in [0, 0.1) is 0 Å². The third-order valence-electron chi connectivity index (χ3n) is 2.13. The predicted molar refractivity (Wildman–Crippen MR) is 54.1 cm³/mol. The molecule has 4 heteroatoms. The Morgan fingerprint density at radius 2 is 2.36 bits per heavy atom. The van der Waals surface area contributed by atoms with Crippen molar-refractivity contribution in [3.8, 4) is 11.5 Å². The molecule has 0 atom stereocenters. The Hall–Kier alpha value is -1.71. The Bertz CT molecular complexity index is 374. The Kier molecular flexibility index (Phi) is 2.26. The van der Waals surface area contributed by atoms with Crippen LogP contribution >= 0.6 is 0 Å². The summed E-state index contributed by atoms with van der Waals surface area (Å²) in [5.41, 5.74) is 0.696. The normalized spacial score (nSPS) is 14.8. The molecular weight excluding hydrogens is 180 g/mol. The number of methoxy groups -OCH3 is 1. The highest BCUT2D eigenvalue weighted by molar-refractivity contribution is 6.02. The Labute approximate surface area is 82.2 Å². The average molecular weight is 192 g/mol. The minimum atomic E-state index is 0.221. The van der Waals surface area contributed by atoms with E-state index < -0.39 is 0 Å². The number of hydrogen-bond donors (Lipinski definition) is 2. The summed E-state index contributed by atoms with van der Waals surface area (Å²) in [7, 11) is 1.60. The number of nitrogens with one attached hydrogen (secondary N) is 1. The number of amidine groups is 1. The Morgan fingerprint density at radius 1 is 1.50 bits per heavy atom. The molecule has 2 rings (SSSR count). The summed E-state index contributed by atoms with van der Waals surface area (Å²) in [4.78, 5) is 4.23. The molecule has 0 amide bonds. The van der Waals surface area contributed by atoms with Crippen molar-refractivity contribution in [2.24, 2.45) is 4.99 Å². The van der Waals surface area contributed by atoms with Crippen LogP contribution in [0.2, 0.25) is 0 Å². The first-order chi connectivity index (χ1) is 6.81. The van der Waals surface area contributed by atoms with Crippen LogP contribution in [0.5, 0.6) is 11.5 Å². The maximum absolute atomic E-state index is 9.61. The lowest BCUT2D eigenvalue weighted by Gasteiger charge is -2.07. The lowest BCUT2D eigenvalue weighted by atomic mass is 10.1. The predicted octanol–water partition coefficient (Wildman–Crippen LogP) is 0.751. The van der Waals surface area contributed by atoms with Crippen molar-refractivity contribution >= 4 is 5.84 Å². The fraction of sp³-hybridized carbons (Fsp3) is 0.300. The zero-order valence-corrected chi connectivity index (χ0v) is 7.95. The van der Waals surface area contributed by atoms with E-state index in [-0.39, 0.29) is 5.75 Å². The van der Waals surface area contributed by atoms with E-state index in [1.807, 2.05) is 0 Å². The highest BCUT2D eigenvalue weighted by Gasteiger charge is 2.12. The molecule has 0 saturated heterocycles. The van der Waals surface area contributed by atoms with Crippen LogP contribution < -0.4 is 10.1 Å². The van der Waals surface area contributed by atoms with Gasteiger partial charge in [-0.15, -0.1) is 0 Å². The van der Waals surface area contributed by atoms with Crippen molar-refractivity contribution in [3.63, 3.8) is 0 Å². The van der Waals surface area contributed by atoms with Gasteiger partial charge in [0.2, 0.25) is 0 Å². The van der Waals surface area contributed by atoms with Crippen LogP contribution in [-0.2, 0) is 0 Å². The van der Waals surface area contributed by atoms with E-state index in [2.05, 4.69) is 10.3 Å². The molecule has 0 spiro atoms. The zero-order chi connectivity index (χ0) is 9.97. The maximum Gasteiger partial charge on any atom is 0.132 e. The molecule has 0 bridgehead atoms. The summed E-state index contributed by atoms with van der Waals surface area (Å²) in [6, 6.07) is 5.09. The molecule has 14 heavy (non-hydrogen) atoms. The molecule has 0 radical (unpaired) electrons. The molecule has 1 aromatic carbocycles. The van der Waals surface area contributed by atoms with E-state index in [1.54, 1.807) is 25.3 Å². The minimum Gasteiger partial charge on any atom is -0.507 e. The molecule has 0 unspecified atom stereocenters. The van der Waals surface area contributed by atoms with Crippen LogP contribution in [0.25, 0.3) is 0 Å². The van der Waals surface area contributed by atoms with Gasteiger partial charge in [0.15, 0.2) is 0 Å². The zero-order valence-electron chi connectivity index (χ0n) is 7.95. The molecule has 0 saturated carbocycles. The van der Waals surface area contributed by atoms with Crippen molar-refractivity contribution in [1.29, 1.82) is 0 Å². The highest BCUT2D eigenvalue weighted by atomic mass is 16.5. The summed E-state index contributed by atoms with van der Waals surface area (Å²) in [6.45, 7) is 1.58. The first-order valence-corrected chi connectivity index (χ1v) is 4.47. The van der Waals surface area contributed by atoms with E-state index in [0.717, 1.165) is 18.9 Å². The fourth-order valence-electron chi connectivity index (χ4n) is 1.41. The summed E-state index contributed by atoms with van der Waals surface area (Å²) < 4.78 is 5.08. The second-order valence-electron chi connectivity index (χ2n) is 3.04. The van der Waals surface area contributed by atoms with E-state index >= 15 is 0 Å². The topological polar surface area (TPSA) is 53.9 Å². The van der Waals surface area contributed by atoms with Crippen LogP contribution in [-0.4, -0.2) is 31.1 Å². The number of benzene rings is 1. The number of phenols is 1. The van der Waals surface area contributed by atoms with Gasteiger partial charge in [-0.25, -0.2) is 0 Å². The third-order valence-corrected chi connectivity index (χ3v) is 2.13.